The van der Waals surface area contributed by atoms with Gasteiger partial charge >= 0.3 is 0 Å². The summed E-state index contributed by atoms with van der Waals surface area (Å²) in [4.78, 5) is 15.1. The van der Waals surface area contributed by atoms with Crippen LogP contribution in [0.1, 0.15) is 37.1 Å². The maximum Gasteiger partial charge on any atom is 0.159 e. The van der Waals surface area contributed by atoms with Crippen LogP contribution in [0.4, 0.5) is 0 Å². The van der Waals surface area contributed by atoms with Crippen molar-refractivity contribution in [1.29, 1.82) is 0 Å². The first-order valence-corrected chi connectivity index (χ1v) is 18.1. The van der Waals surface area contributed by atoms with Crippen LogP contribution in [0.25, 0.3) is 78.5 Å². The Bertz CT molecular complexity index is 2740. The quantitative estimate of drug-likeness (QED) is 0.183. The molecule has 0 fully saturated rings. The molecule has 0 radical (unpaired) electrons. The zero-order valence-corrected chi connectivity index (χ0v) is 29.2. The third-order valence-corrected chi connectivity index (χ3v) is 9.96. The second kappa shape index (κ2) is 13.3. The summed E-state index contributed by atoms with van der Waals surface area (Å²) in [5, 5.41) is 3.59. The van der Waals surface area contributed by atoms with Gasteiger partial charge in [0.2, 0.25) is 0 Å². The van der Waals surface area contributed by atoms with Crippen molar-refractivity contribution in [3.05, 3.63) is 175 Å². The maximum absolute atomic E-state index is 5.26. The van der Waals surface area contributed by atoms with Crippen molar-refractivity contribution < 1.29 is 0 Å². The highest BCUT2D eigenvalue weighted by Crippen LogP contribution is 2.43. The van der Waals surface area contributed by atoms with Gasteiger partial charge in [-0.05, 0) is 54.8 Å². The molecule has 9 aromatic rings. The first-order chi connectivity index (χ1) is 25.8. The van der Waals surface area contributed by atoms with Gasteiger partial charge in [-0.25, -0.2) is 15.0 Å². The number of pyridine rings is 1. The Morgan fingerprint density at radius 2 is 1.23 bits per heavy atom. The van der Waals surface area contributed by atoms with Crippen molar-refractivity contribution in [3.63, 3.8) is 0 Å². The molecule has 0 atom stereocenters. The van der Waals surface area contributed by atoms with E-state index in [0.717, 1.165) is 52.2 Å². The molecule has 5 heteroatoms. The lowest BCUT2D eigenvalue weighted by Crippen LogP contribution is -2.07. The van der Waals surface area contributed by atoms with Gasteiger partial charge in [-0.2, -0.15) is 0 Å². The summed E-state index contributed by atoms with van der Waals surface area (Å²) in [5.74, 6) is 0.708. The summed E-state index contributed by atoms with van der Waals surface area (Å²) in [6.07, 6.45) is 8.13. The van der Waals surface area contributed by atoms with Crippen LogP contribution in [0.3, 0.4) is 0 Å². The third kappa shape index (κ3) is 5.13. The summed E-state index contributed by atoms with van der Waals surface area (Å²) >= 11 is 0. The molecule has 0 saturated heterocycles. The number of nitrogens with zero attached hydrogens (tertiary/aromatic N) is 5. The van der Waals surface area contributed by atoms with Gasteiger partial charge in [0.1, 0.15) is 5.65 Å². The monoisotopic (exact) mass is 671 g/mol. The van der Waals surface area contributed by atoms with E-state index >= 15 is 0 Å². The van der Waals surface area contributed by atoms with E-state index in [1.165, 1.54) is 44.1 Å². The Labute approximate surface area is 303 Å². The fraction of sp³-hybridized carbons (Fsp3) is 0.0851. The first kappa shape index (κ1) is 31.4. The van der Waals surface area contributed by atoms with E-state index < -0.39 is 0 Å². The van der Waals surface area contributed by atoms with Gasteiger partial charge in [0.05, 0.1) is 28.6 Å². The topological polar surface area (TPSA) is 48.5 Å². The normalized spacial score (nSPS) is 12.4. The average molecular weight is 672 g/mol. The number of hydrogen-bond acceptors (Lipinski definition) is 3. The molecule has 5 aromatic carbocycles. The van der Waals surface area contributed by atoms with Crippen molar-refractivity contribution >= 4 is 44.5 Å². The van der Waals surface area contributed by atoms with Gasteiger partial charge in [-0.1, -0.05) is 129 Å². The number of benzene rings is 5. The van der Waals surface area contributed by atoms with Crippen LogP contribution in [0, 0.1) is 0 Å². The first-order valence-electron chi connectivity index (χ1n) is 18.1. The average Bonchev–Trinajstić information content (AvgIpc) is 3.75. The molecule has 0 bridgehead atoms. The fourth-order valence-corrected chi connectivity index (χ4v) is 7.77. The van der Waals surface area contributed by atoms with Crippen LogP contribution >= 0.6 is 0 Å². The van der Waals surface area contributed by atoms with Crippen LogP contribution in [0.5, 0.6) is 0 Å². The van der Waals surface area contributed by atoms with E-state index in [1.807, 2.05) is 50.5 Å². The fourth-order valence-electron chi connectivity index (χ4n) is 7.77. The molecule has 1 aliphatic rings. The Balaban J connectivity index is 0.00000177. The van der Waals surface area contributed by atoms with Gasteiger partial charge in [0, 0.05) is 56.0 Å². The zero-order valence-electron chi connectivity index (χ0n) is 29.2. The third-order valence-electron chi connectivity index (χ3n) is 9.96. The molecule has 0 unspecified atom stereocenters. The highest BCUT2D eigenvalue weighted by molar-refractivity contribution is 6.14. The Morgan fingerprint density at radius 1 is 0.558 bits per heavy atom. The van der Waals surface area contributed by atoms with Crippen molar-refractivity contribution in [2.45, 2.75) is 26.7 Å². The molecular formula is C47H37N5. The van der Waals surface area contributed by atoms with E-state index in [0.29, 0.717) is 5.82 Å². The van der Waals surface area contributed by atoms with Crippen LogP contribution in [0.15, 0.2) is 158 Å². The minimum absolute atomic E-state index is 0.708. The Kier molecular flexibility index (Phi) is 8.01. The standard InChI is InChI=1S/C45H31N5.C2H6/c1-4-14-30(15-5-1)42-41(29-47-44(48-42)31-16-6-2-7-17-31)50-39-24-11-10-20-35(39)36-22-12-21-34(43(36)50)32-25-26-40-38(28-32)37-23-13-27-46-45(37)49(40)33-18-8-3-9-19-33;1-2/h1-24,27-29H,25-26H2;1-2H3. The van der Waals surface area contributed by atoms with Gasteiger partial charge in [-0.15, -0.1) is 0 Å². The van der Waals surface area contributed by atoms with Gasteiger partial charge in [0.25, 0.3) is 0 Å². The molecule has 1 aliphatic carbocycles. The molecule has 0 spiro atoms. The number of rotatable bonds is 5. The van der Waals surface area contributed by atoms with Crippen molar-refractivity contribution in [1.82, 2.24) is 24.1 Å². The van der Waals surface area contributed by atoms with E-state index in [-0.39, 0.29) is 0 Å². The van der Waals surface area contributed by atoms with Crippen molar-refractivity contribution in [2.75, 3.05) is 0 Å². The number of para-hydroxylation sites is 3. The van der Waals surface area contributed by atoms with Crippen LogP contribution in [0.2, 0.25) is 0 Å². The molecule has 52 heavy (non-hydrogen) atoms. The van der Waals surface area contributed by atoms with Crippen LogP contribution < -0.4 is 0 Å². The largest absolute Gasteiger partial charge is 0.305 e. The minimum atomic E-state index is 0.708. The molecule has 0 aliphatic heterocycles. The molecule has 250 valence electrons. The van der Waals surface area contributed by atoms with Crippen LogP contribution in [-0.2, 0) is 6.42 Å². The SMILES string of the molecule is C1=C(c2cccc3c4ccccc4n(-c4cnc(-c5ccccc5)nc4-c4ccccc4)c23)CCc2c1c1cccnc1n2-c1ccccc1.CC. The second-order valence-corrected chi connectivity index (χ2v) is 12.8. The number of aromatic nitrogens is 5. The minimum Gasteiger partial charge on any atom is -0.305 e. The van der Waals surface area contributed by atoms with Crippen molar-refractivity contribution in [2.24, 2.45) is 0 Å². The molecule has 4 aromatic heterocycles. The lowest BCUT2D eigenvalue weighted by Gasteiger charge is -2.20. The molecular weight excluding hydrogens is 635 g/mol. The molecule has 0 amide bonds. The summed E-state index contributed by atoms with van der Waals surface area (Å²) in [7, 11) is 0. The number of fused-ring (bicyclic) bond motifs is 6. The molecule has 10 rings (SSSR count). The molecule has 4 heterocycles. The second-order valence-electron chi connectivity index (χ2n) is 12.8. The smallest absolute Gasteiger partial charge is 0.159 e. The maximum atomic E-state index is 5.26. The number of allylic oxidation sites excluding steroid dienone is 1. The van der Waals surface area contributed by atoms with E-state index in [1.54, 1.807) is 0 Å². The number of hydrogen-bond donors (Lipinski definition) is 0. The van der Waals surface area contributed by atoms with Gasteiger partial charge in [-0.3, -0.25) is 4.57 Å². The lowest BCUT2D eigenvalue weighted by atomic mass is 9.90. The zero-order chi connectivity index (χ0) is 35.0. The predicted octanol–water partition coefficient (Wildman–Crippen LogP) is 11.8. The van der Waals surface area contributed by atoms with Crippen LogP contribution in [-0.4, -0.2) is 24.1 Å². The Hall–Kier alpha value is -6.59. The summed E-state index contributed by atoms with van der Waals surface area (Å²) in [6, 6.07) is 51.0. The Morgan fingerprint density at radius 3 is 2.02 bits per heavy atom. The molecule has 0 saturated carbocycles. The highest BCUT2D eigenvalue weighted by Gasteiger charge is 2.26. The molecule has 5 nitrogen and oxygen atoms in total. The highest BCUT2D eigenvalue weighted by atomic mass is 15.1. The lowest BCUT2D eigenvalue weighted by molar-refractivity contribution is 0.891. The summed E-state index contributed by atoms with van der Waals surface area (Å²) in [5.41, 5.74) is 13.4. The van der Waals surface area contributed by atoms with E-state index in [2.05, 4.69) is 137 Å². The summed E-state index contributed by atoms with van der Waals surface area (Å²) in [6.45, 7) is 4.00. The van der Waals surface area contributed by atoms with Gasteiger partial charge < -0.3 is 4.57 Å². The summed E-state index contributed by atoms with van der Waals surface area (Å²) < 4.78 is 4.73. The van der Waals surface area contributed by atoms with Crippen molar-refractivity contribution in [3.8, 4) is 34.0 Å². The van der Waals surface area contributed by atoms with E-state index in [9.17, 15) is 0 Å². The predicted molar refractivity (Wildman–Crippen MR) is 216 cm³/mol. The van der Waals surface area contributed by atoms with E-state index in [4.69, 9.17) is 15.0 Å². The van der Waals surface area contributed by atoms with Gasteiger partial charge in [0.15, 0.2) is 5.82 Å². The molecule has 0 N–H and O–H groups in total.